The van der Waals surface area contributed by atoms with Crippen LogP contribution in [0.15, 0.2) is 47.4 Å². The Morgan fingerprint density at radius 1 is 1.15 bits per heavy atom. The highest BCUT2D eigenvalue weighted by Crippen LogP contribution is 2.21. The fourth-order valence-electron chi connectivity index (χ4n) is 2.32. The average molecular weight is 380 g/mol. The lowest BCUT2D eigenvalue weighted by atomic mass is 10.1. The number of hydrogen-bond acceptors (Lipinski definition) is 4. The molecule has 0 aliphatic carbocycles. The second kappa shape index (κ2) is 8.77. The molecule has 2 aromatic rings. The SMILES string of the molecule is COc1ccc(S(=O)(=O)NCC(=O)NCCc2ccc(F)cc2)cc1C. The topological polar surface area (TPSA) is 84.5 Å². The van der Waals surface area contributed by atoms with Crippen LogP contribution in [0.5, 0.6) is 5.75 Å². The minimum absolute atomic E-state index is 0.0647. The second-order valence-corrected chi connectivity index (χ2v) is 7.45. The summed E-state index contributed by atoms with van der Waals surface area (Å²) >= 11 is 0. The molecule has 0 aliphatic rings. The monoisotopic (exact) mass is 380 g/mol. The van der Waals surface area contributed by atoms with Crippen molar-refractivity contribution in [1.82, 2.24) is 10.0 Å². The van der Waals surface area contributed by atoms with E-state index in [9.17, 15) is 17.6 Å². The standard InChI is InChI=1S/C18H21FN2O4S/c1-13-11-16(7-8-17(13)25-2)26(23,24)21-12-18(22)20-10-9-14-3-5-15(19)6-4-14/h3-8,11,21H,9-10,12H2,1-2H3,(H,20,22). The highest BCUT2D eigenvalue weighted by Gasteiger charge is 2.16. The second-order valence-electron chi connectivity index (χ2n) is 5.68. The summed E-state index contributed by atoms with van der Waals surface area (Å²) in [5.41, 5.74) is 1.56. The Bertz CT molecular complexity index is 867. The van der Waals surface area contributed by atoms with Crippen LogP contribution >= 0.6 is 0 Å². The maximum Gasteiger partial charge on any atom is 0.241 e. The molecule has 1 amide bonds. The van der Waals surface area contributed by atoms with E-state index in [0.717, 1.165) is 5.56 Å². The van der Waals surface area contributed by atoms with Crippen molar-refractivity contribution in [3.05, 3.63) is 59.4 Å². The maximum absolute atomic E-state index is 12.8. The Labute approximate surface area is 152 Å². The largest absolute Gasteiger partial charge is 0.496 e. The number of carbonyl (C=O) groups excluding carboxylic acids is 1. The van der Waals surface area contributed by atoms with Crippen LogP contribution in [0.1, 0.15) is 11.1 Å². The first-order valence-electron chi connectivity index (χ1n) is 7.97. The van der Waals surface area contributed by atoms with Crippen LogP contribution in [-0.4, -0.2) is 34.5 Å². The van der Waals surface area contributed by atoms with Gasteiger partial charge < -0.3 is 10.1 Å². The summed E-state index contributed by atoms with van der Waals surface area (Å²) in [6, 6.07) is 10.4. The van der Waals surface area contributed by atoms with Gasteiger partial charge in [0, 0.05) is 6.54 Å². The normalized spacial score (nSPS) is 11.2. The number of nitrogens with one attached hydrogen (secondary N) is 2. The van der Waals surface area contributed by atoms with Crippen molar-refractivity contribution in [1.29, 1.82) is 0 Å². The van der Waals surface area contributed by atoms with Crippen molar-refractivity contribution in [2.45, 2.75) is 18.2 Å². The van der Waals surface area contributed by atoms with Crippen molar-refractivity contribution in [3.63, 3.8) is 0 Å². The lowest BCUT2D eigenvalue weighted by molar-refractivity contribution is -0.119. The van der Waals surface area contributed by atoms with Crippen LogP contribution in [0.25, 0.3) is 0 Å². The molecule has 2 rings (SSSR count). The van der Waals surface area contributed by atoms with E-state index in [1.807, 2.05) is 0 Å². The Kier molecular flexibility index (Phi) is 6.70. The Morgan fingerprint density at radius 2 is 1.85 bits per heavy atom. The molecule has 2 N–H and O–H groups in total. The number of halogens is 1. The molecule has 0 spiro atoms. The number of aryl methyl sites for hydroxylation is 1. The quantitative estimate of drug-likeness (QED) is 0.731. The van der Waals surface area contributed by atoms with Crippen molar-refractivity contribution in [3.8, 4) is 5.75 Å². The first-order valence-corrected chi connectivity index (χ1v) is 9.45. The molecule has 0 aromatic heterocycles. The molecule has 26 heavy (non-hydrogen) atoms. The van der Waals surface area contributed by atoms with Gasteiger partial charge in [0.15, 0.2) is 0 Å². The molecule has 0 aliphatic heterocycles. The molecular weight excluding hydrogens is 359 g/mol. The molecular formula is C18H21FN2O4S. The van der Waals surface area contributed by atoms with Gasteiger partial charge in [0.1, 0.15) is 11.6 Å². The number of methoxy groups -OCH3 is 1. The van der Waals surface area contributed by atoms with Gasteiger partial charge in [-0.15, -0.1) is 0 Å². The van der Waals surface area contributed by atoms with Crippen molar-refractivity contribution in [2.24, 2.45) is 0 Å². The number of carbonyl (C=O) groups is 1. The van der Waals surface area contributed by atoms with Crippen LogP contribution in [-0.2, 0) is 21.2 Å². The lowest BCUT2D eigenvalue weighted by Gasteiger charge is -2.10. The van der Waals surface area contributed by atoms with E-state index in [0.29, 0.717) is 24.3 Å². The summed E-state index contributed by atoms with van der Waals surface area (Å²) in [5, 5.41) is 2.62. The average Bonchev–Trinajstić information content (AvgIpc) is 2.61. The smallest absolute Gasteiger partial charge is 0.241 e. The van der Waals surface area contributed by atoms with Crippen LogP contribution in [0, 0.1) is 12.7 Å². The first kappa shape index (κ1) is 19.9. The number of sulfonamides is 1. The summed E-state index contributed by atoms with van der Waals surface area (Å²) < 4.78 is 44.7. The fraction of sp³-hybridized carbons (Fsp3) is 0.278. The third-order valence-electron chi connectivity index (χ3n) is 3.75. The van der Waals surface area contributed by atoms with Crippen LogP contribution in [0.2, 0.25) is 0 Å². The Morgan fingerprint density at radius 3 is 2.46 bits per heavy atom. The number of rotatable bonds is 8. The van der Waals surface area contributed by atoms with E-state index in [1.165, 1.54) is 31.4 Å². The first-order chi connectivity index (χ1) is 12.3. The predicted molar refractivity (Wildman–Crippen MR) is 96.0 cm³/mol. The van der Waals surface area contributed by atoms with E-state index in [-0.39, 0.29) is 17.3 Å². The van der Waals surface area contributed by atoms with Gasteiger partial charge in [-0.2, -0.15) is 0 Å². The van der Waals surface area contributed by atoms with E-state index in [2.05, 4.69) is 10.0 Å². The van der Waals surface area contributed by atoms with E-state index in [1.54, 1.807) is 25.1 Å². The molecule has 0 heterocycles. The molecule has 140 valence electrons. The highest BCUT2D eigenvalue weighted by atomic mass is 32.2. The molecule has 0 saturated heterocycles. The van der Waals surface area contributed by atoms with Gasteiger partial charge in [-0.3, -0.25) is 4.79 Å². The Balaban J connectivity index is 1.83. The molecule has 0 fully saturated rings. The van der Waals surface area contributed by atoms with Crippen LogP contribution < -0.4 is 14.8 Å². The van der Waals surface area contributed by atoms with Gasteiger partial charge >= 0.3 is 0 Å². The zero-order chi connectivity index (χ0) is 19.2. The highest BCUT2D eigenvalue weighted by molar-refractivity contribution is 7.89. The van der Waals surface area contributed by atoms with Crippen molar-refractivity contribution < 1.29 is 22.3 Å². The minimum atomic E-state index is -3.79. The lowest BCUT2D eigenvalue weighted by Crippen LogP contribution is -2.37. The molecule has 8 heteroatoms. The van der Waals surface area contributed by atoms with Gasteiger partial charge in [0.05, 0.1) is 18.6 Å². The van der Waals surface area contributed by atoms with Crippen LogP contribution in [0.4, 0.5) is 4.39 Å². The van der Waals surface area contributed by atoms with E-state index < -0.39 is 15.9 Å². The molecule has 0 atom stereocenters. The Hall–Kier alpha value is -2.45. The number of benzene rings is 2. The van der Waals surface area contributed by atoms with Gasteiger partial charge in [-0.25, -0.2) is 17.5 Å². The maximum atomic E-state index is 12.8. The van der Waals surface area contributed by atoms with Crippen molar-refractivity contribution in [2.75, 3.05) is 20.2 Å². The number of hydrogen-bond donors (Lipinski definition) is 2. The summed E-state index contributed by atoms with van der Waals surface area (Å²) in [7, 11) is -2.29. The predicted octanol–water partition coefficient (Wildman–Crippen LogP) is 1.78. The molecule has 6 nitrogen and oxygen atoms in total. The third kappa shape index (κ3) is 5.53. The minimum Gasteiger partial charge on any atom is -0.496 e. The third-order valence-corrected chi connectivity index (χ3v) is 5.15. The summed E-state index contributed by atoms with van der Waals surface area (Å²) in [6.07, 6.45) is 0.524. The molecule has 0 unspecified atom stereocenters. The summed E-state index contributed by atoms with van der Waals surface area (Å²) in [4.78, 5) is 11.9. The van der Waals surface area contributed by atoms with E-state index >= 15 is 0 Å². The number of ether oxygens (including phenoxy) is 1. The van der Waals surface area contributed by atoms with Gasteiger partial charge in [0.2, 0.25) is 15.9 Å². The molecule has 0 bridgehead atoms. The van der Waals surface area contributed by atoms with Crippen molar-refractivity contribution >= 4 is 15.9 Å². The van der Waals surface area contributed by atoms with E-state index in [4.69, 9.17) is 4.74 Å². The summed E-state index contributed by atoms with van der Waals surface area (Å²) in [5.74, 6) is -0.177. The molecule has 0 radical (unpaired) electrons. The van der Waals surface area contributed by atoms with Gasteiger partial charge in [-0.1, -0.05) is 12.1 Å². The fourth-order valence-corrected chi connectivity index (χ4v) is 3.39. The molecule has 0 saturated carbocycles. The van der Waals surface area contributed by atoms with Gasteiger partial charge in [0.25, 0.3) is 0 Å². The number of amides is 1. The molecule has 2 aromatic carbocycles. The zero-order valence-electron chi connectivity index (χ0n) is 14.6. The zero-order valence-corrected chi connectivity index (χ0v) is 15.4. The summed E-state index contributed by atoms with van der Waals surface area (Å²) in [6.45, 7) is 1.70. The van der Waals surface area contributed by atoms with Crippen LogP contribution in [0.3, 0.4) is 0 Å². The van der Waals surface area contributed by atoms with Gasteiger partial charge in [-0.05, 0) is 54.8 Å².